The average molecular weight is 413 g/mol. The van der Waals surface area contributed by atoms with Gasteiger partial charge in [-0.3, -0.25) is 4.79 Å². The second-order valence-corrected chi connectivity index (χ2v) is 10.6. The van der Waals surface area contributed by atoms with E-state index in [1.165, 1.54) is 5.56 Å². The summed E-state index contributed by atoms with van der Waals surface area (Å²) >= 11 is 0. The summed E-state index contributed by atoms with van der Waals surface area (Å²) in [6.45, 7) is 13.1. The highest BCUT2D eigenvalue weighted by molar-refractivity contribution is 6.07. The summed E-state index contributed by atoms with van der Waals surface area (Å²) in [5.41, 5.74) is 5.48. The van der Waals surface area contributed by atoms with Gasteiger partial charge in [0.05, 0.1) is 0 Å². The molecule has 3 aromatic carbocycles. The highest BCUT2D eigenvalue weighted by Crippen LogP contribution is 2.48. The van der Waals surface area contributed by atoms with Crippen molar-refractivity contribution in [1.82, 2.24) is 0 Å². The number of para-hydroxylation sites is 2. The van der Waals surface area contributed by atoms with Crippen LogP contribution in [0.5, 0.6) is 5.75 Å². The lowest BCUT2D eigenvalue weighted by Gasteiger charge is -2.27. The van der Waals surface area contributed by atoms with Crippen molar-refractivity contribution in [1.29, 1.82) is 0 Å². The van der Waals surface area contributed by atoms with Gasteiger partial charge in [-0.15, -0.1) is 0 Å². The lowest BCUT2D eigenvalue weighted by atomic mass is 9.77. The van der Waals surface area contributed by atoms with E-state index in [1.807, 2.05) is 30.3 Å². The number of benzene rings is 3. The minimum atomic E-state index is -0.498. The Kier molecular flexibility index (Phi) is 4.14. The molecule has 0 spiro atoms. The molecular weight excluding hydrogens is 384 g/mol. The Balaban J connectivity index is 1.80. The molecule has 1 aliphatic rings. The summed E-state index contributed by atoms with van der Waals surface area (Å²) in [5.74, 6) is -0.0224. The third kappa shape index (κ3) is 3.06. The SMILES string of the molecule is CC(C)(C)c1cc2c(c(C(C)(C)C)c1)OC(=O)C2c1cccc2c1oc1ccccc12. The van der Waals surface area contributed by atoms with Gasteiger partial charge in [0, 0.05) is 27.5 Å². The van der Waals surface area contributed by atoms with E-state index >= 15 is 0 Å². The summed E-state index contributed by atoms with van der Waals surface area (Å²) in [7, 11) is 0. The van der Waals surface area contributed by atoms with Crippen LogP contribution in [0.15, 0.2) is 59.0 Å². The van der Waals surface area contributed by atoms with Gasteiger partial charge in [0.25, 0.3) is 0 Å². The van der Waals surface area contributed by atoms with Gasteiger partial charge < -0.3 is 9.15 Å². The zero-order chi connectivity index (χ0) is 22.1. The van der Waals surface area contributed by atoms with E-state index in [2.05, 4.69) is 65.8 Å². The Morgan fingerprint density at radius 2 is 1.48 bits per heavy atom. The number of carbonyl (C=O) groups is 1. The summed E-state index contributed by atoms with van der Waals surface area (Å²) < 4.78 is 12.2. The fourth-order valence-corrected chi connectivity index (χ4v) is 4.55. The van der Waals surface area contributed by atoms with Crippen molar-refractivity contribution in [2.75, 3.05) is 0 Å². The Labute approximate surface area is 183 Å². The predicted octanol–water partition coefficient (Wildman–Crippen LogP) is 7.23. The monoisotopic (exact) mass is 412 g/mol. The summed E-state index contributed by atoms with van der Waals surface area (Å²) in [4.78, 5) is 13.3. The molecule has 0 bridgehead atoms. The van der Waals surface area contributed by atoms with Crippen LogP contribution in [-0.4, -0.2) is 5.97 Å². The van der Waals surface area contributed by atoms with Crippen molar-refractivity contribution < 1.29 is 13.9 Å². The summed E-state index contributed by atoms with van der Waals surface area (Å²) in [6.07, 6.45) is 0. The van der Waals surface area contributed by atoms with Crippen molar-refractivity contribution in [3.8, 4) is 5.75 Å². The van der Waals surface area contributed by atoms with Crippen LogP contribution in [-0.2, 0) is 15.6 Å². The van der Waals surface area contributed by atoms with E-state index in [0.29, 0.717) is 5.75 Å². The van der Waals surface area contributed by atoms with Crippen LogP contribution in [0.1, 0.15) is 69.7 Å². The summed E-state index contributed by atoms with van der Waals surface area (Å²) in [5, 5.41) is 2.09. The zero-order valence-corrected chi connectivity index (χ0v) is 19.0. The van der Waals surface area contributed by atoms with Crippen LogP contribution in [0.2, 0.25) is 0 Å². The molecule has 158 valence electrons. The molecule has 0 saturated heterocycles. The largest absolute Gasteiger partial charge is 0.456 e. The summed E-state index contributed by atoms with van der Waals surface area (Å²) in [6, 6.07) is 18.4. The number of rotatable bonds is 1. The van der Waals surface area contributed by atoms with Crippen molar-refractivity contribution >= 4 is 27.9 Å². The minimum Gasteiger partial charge on any atom is -0.456 e. The molecule has 1 aromatic heterocycles. The second kappa shape index (κ2) is 6.46. The second-order valence-electron chi connectivity index (χ2n) is 10.6. The maximum atomic E-state index is 13.3. The topological polar surface area (TPSA) is 39.4 Å². The molecular formula is C28H28O3. The zero-order valence-electron chi connectivity index (χ0n) is 19.0. The van der Waals surface area contributed by atoms with Crippen LogP contribution in [0.25, 0.3) is 21.9 Å². The number of hydrogen-bond donors (Lipinski definition) is 0. The quantitative estimate of drug-likeness (QED) is 0.244. The van der Waals surface area contributed by atoms with Crippen molar-refractivity contribution in [3.05, 3.63) is 76.9 Å². The molecule has 0 amide bonds. The first-order valence-electron chi connectivity index (χ1n) is 10.9. The molecule has 4 aromatic rings. The van der Waals surface area contributed by atoms with Gasteiger partial charge in [0.2, 0.25) is 0 Å². The van der Waals surface area contributed by atoms with Crippen molar-refractivity contribution in [3.63, 3.8) is 0 Å². The number of carbonyl (C=O) groups excluding carboxylic acids is 1. The Bertz CT molecular complexity index is 1340. The van der Waals surface area contributed by atoms with Crippen LogP contribution in [0.4, 0.5) is 0 Å². The molecule has 0 radical (unpaired) electrons. The first-order valence-corrected chi connectivity index (χ1v) is 10.9. The van der Waals surface area contributed by atoms with E-state index in [1.54, 1.807) is 0 Å². The smallest absolute Gasteiger partial charge is 0.323 e. The predicted molar refractivity (Wildman–Crippen MR) is 125 cm³/mol. The maximum absolute atomic E-state index is 13.3. The molecule has 1 unspecified atom stereocenters. The van der Waals surface area contributed by atoms with Gasteiger partial charge in [-0.05, 0) is 22.5 Å². The molecule has 3 nitrogen and oxygen atoms in total. The molecule has 5 rings (SSSR count). The minimum absolute atomic E-state index is 0.0451. The molecule has 31 heavy (non-hydrogen) atoms. The Morgan fingerprint density at radius 3 is 2.19 bits per heavy atom. The van der Waals surface area contributed by atoms with E-state index in [0.717, 1.165) is 38.6 Å². The fraction of sp³-hybridized carbons (Fsp3) is 0.321. The molecule has 1 aliphatic heterocycles. The average Bonchev–Trinajstić information content (AvgIpc) is 3.22. The number of fused-ring (bicyclic) bond motifs is 4. The van der Waals surface area contributed by atoms with Crippen molar-refractivity contribution in [2.24, 2.45) is 0 Å². The Hall–Kier alpha value is -3.07. The van der Waals surface area contributed by atoms with Crippen molar-refractivity contribution in [2.45, 2.75) is 58.3 Å². The van der Waals surface area contributed by atoms with Gasteiger partial charge in [-0.2, -0.15) is 0 Å². The van der Waals surface area contributed by atoms with Gasteiger partial charge in [-0.1, -0.05) is 90.1 Å². The number of esters is 1. The number of ether oxygens (including phenoxy) is 1. The fourth-order valence-electron chi connectivity index (χ4n) is 4.55. The number of furan rings is 1. The third-order valence-electron chi connectivity index (χ3n) is 6.29. The van der Waals surface area contributed by atoms with E-state index < -0.39 is 5.92 Å². The van der Waals surface area contributed by atoms with Crippen LogP contribution >= 0.6 is 0 Å². The Morgan fingerprint density at radius 1 is 0.774 bits per heavy atom. The van der Waals surface area contributed by atoms with Crippen LogP contribution in [0, 0.1) is 0 Å². The normalized spacial score (nSPS) is 16.7. The molecule has 0 N–H and O–H groups in total. The highest BCUT2D eigenvalue weighted by Gasteiger charge is 2.40. The first kappa shape index (κ1) is 19.9. The molecule has 2 heterocycles. The van der Waals surface area contributed by atoms with E-state index in [4.69, 9.17) is 9.15 Å². The third-order valence-corrected chi connectivity index (χ3v) is 6.29. The van der Waals surface area contributed by atoms with Gasteiger partial charge in [0.15, 0.2) is 0 Å². The van der Waals surface area contributed by atoms with Gasteiger partial charge in [0.1, 0.15) is 22.8 Å². The van der Waals surface area contributed by atoms with E-state index in [-0.39, 0.29) is 16.8 Å². The lowest BCUT2D eigenvalue weighted by Crippen LogP contribution is -2.17. The molecule has 0 aliphatic carbocycles. The highest BCUT2D eigenvalue weighted by atomic mass is 16.5. The first-order chi connectivity index (χ1) is 14.6. The molecule has 1 atom stereocenters. The van der Waals surface area contributed by atoms with Gasteiger partial charge >= 0.3 is 5.97 Å². The molecule has 0 saturated carbocycles. The molecule has 0 fully saturated rings. The standard InChI is InChI=1S/C28H28O3/c1-27(2,3)16-14-20-23(26(29)31-25(20)21(15-16)28(4,5)6)19-12-9-11-18-17-10-7-8-13-22(17)30-24(18)19/h7-15,23H,1-6H3. The maximum Gasteiger partial charge on any atom is 0.323 e. The molecule has 3 heteroatoms. The van der Waals surface area contributed by atoms with E-state index in [9.17, 15) is 4.79 Å². The number of hydrogen-bond acceptors (Lipinski definition) is 3. The van der Waals surface area contributed by atoms with Crippen LogP contribution in [0.3, 0.4) is 0 Å². The van der Waals surface area contributed by atoms with Crippen LogP contribution < -0.4 is 4.74 Å². The van der Waals surface area contributed by atoms with Gasteiger partial charge in [-0.25, -0.2) is 0 Å². The lowest BCUT2D eigenvalue weighted by molar-refractivity contribution is -0.133.